The molecule has 3 rings (SSSR count). The molecule has 0 bridgehead atoms. The van der Waals surface area contributed by atoms with Crippen LogP contribution in [0.5, 0.6) is 0 Å². The standard InChI is InChI=1S/C20H31N3O3S/c1-3-21(4-2)20(24)17-7-9-19(10-8-17)27(25,26)23-15-11-18(12-16-23)22-13-5-6-14-22/h7-10,18H,3-6,11-16H2,1-2H3. The van der Waals surface area contributed by atoms with Gasteiger partial charge in [0.25, 0.3) is 5.91 Å². The zero-order valence-electron chi connectivity index (χ0n) is 16.4. The number of nitrogens with zero attached hydrogens (tertiary/aromatic N) is 3. The van der Waals surface area contributed by atoms with Gasteiger partial charge in [0.2, 0.25) is 10.0 Å². The molecular weight excluding hydrogens is 362 g/mol. The third kappa shape index (κ3) is 4.36. The summed E-state index contributed by atoms with van der Waals surface area (Å²) in [4.78, 5) is 16.9. The fourth-order valence-electron chi connectivity index (χ4n) is 4.17. The van der Waals surface area contributed by atoms with Crippen LogP contribution in [0.1, 0.15) is 49.9 Å². The molecule has 1 aromatic carbocycles. The molecular formula is C20H31N3O3S. The van der Waals surface area contributed by atoms with E-state index in [4.69, 9.17) is 0 Å². The van der Waals surface area contributed by atoms with Crippen molar-refractivity contribution in [2.24, 2.45) is 0 Å². The number of sulfonamides is 1. The second kappa shape index (κ2) is 8.71. The van der Waals surface area contributed by atoms with E-state index >= 15 is 0 Å². The van der Waals surface area contributed by atoms with Crippen LogP contribution in [-0.2, 0) is 10.0 Å². The highest BCUT2D eigenvalue weighted by molar-refractivity contribution is 7.89. The van der Waals surface area contributed by atoms with Gasteiger partial charge in [-0.3, -0.25) is 4.79 Å². The Kier molecular flexibility index (Phi) is 6.55. The SMILES string of the molecule is CCN(CC)C(=O)c1ccc(S(=O)(=O)N2CCC(N3CCCC3)CC2)cc1. The second-order valence-corrected chi connectivity index (χ2v) is 9.32. The molecule has 150 valence electrons. The van der Waals surface area contributed by atoms with E-state index in [2.05, 4.69) is 4.90 Å². The molecule has 6 nitrogen and oxygen atoms in total. The van der Waals surface area contributed by atoms with Crippen LogP contribution in [0.2, 0.25) is 0 Å². The van der Waals surface area contributed by atoms with Crippen LogP contribution >= 0.6 is 0 Å². The molecule has 1 amide bonds. The number of hydrogen-bond donors (Lipinski definition) is 0. The van der Waals surface area contributed by atoms with Crippen molar-refractivity contribution < 1.29 is 13.2 Å². The first-order valence-corrected chi connectivity index (χ1v) is 11.5. The van der Waals surface area contributed by atoms with E-state index in [1.807, 2.05) is 13.8 Å². The highest BCUT2D eigenvalue weighted by Gasteiger charge is 2.32. The average Bonchev–Trinajstić information content (AvgIpc) is 3.24. The van der Waals surface area contributed by atoms with Crippen molar-refractivity contribution in [3.8, 4) is 0 Å². The first kappa shape index (κ1) is 20.3. The molecule has 2 fully saturated rings. The summed E-state index contributed by atoms with van der Waals surface area (Å²) in [6, 6.07) is 6.92. The summed E-state index contributed by atoms with van der Waals surface area (Å²) in [6.07, 6.45) is 4.32. The number of rotatable bonds is 6. The van der Waals surface area contributed by atoms with Crippen LogP contribution in [0, 0.1) is 0 Å². The number of likely N-dealkylation sites (tertiary alicyclic amines) is 1. The molecule has 2 aliphatic heterocycles. The van der Waals surface area contributed by atoms with E-state index in [1.165, 1.54) is 12.8 Å². The van der Waals surface area contributed by atoms with E-state index in [0.29, 0.717) is 37.8 Å². The summed E-state index contributed by atoms with van der Waals surface area (Å²) >= 11 is 0. The predicted molar refractivity (Wildman–Crippen MR) is 106 cm³/mol. The predicted octanol–water partition coefficient (Wildman–Crippen LogP) is 2.42. The van der Waals surface area contributed by atoms with Crippen LogP contribution in [0.15, 0.2) is 29.2 Å². The lowest BCUT2D eigenvalue weighted by Crippen LogP contribution is -2.45. The van der Waals surface area contributed by atoms with Crippen molar-refractivity contribution in [3.05, 3.63) is 29.8 Å². The molecule has 0 radical (unpaired) electrons. The highest BCUT2D eigenvalue weighted by Crippen LogP contribution is 2.25. The maximum atomic E-state index is 13.0. The van der Waals surface area contributed by atoms with Gasteiger partial charge < -0.3 is 9.80 Å². The Bertz CT molecular complexity index is 730. The van der Waals surface area contributed by atoms with Gasteiger partial charge in [0.15, 0.2) is 0 Å². The van der Waals surface area contributed by atoms with Gasteiger partial charge >= 0.3 is 0 Å². The Morgan fingerprint density at radius 2 is 1.56 bits per heavy atom. The minimum absolute atomic E-state index is 0.0598. The molecule has 2 saturated heterocycles. The smallest absolute Gasteiger partial charge is 0.253 e. The maximum absolute atomic E-state index is 13.0. The van der Waals surface area contributed by atoms with E-state index in [-0.39, 0.29) is 10.8 Å². The van der Waals surface area contributed by atoms with Crippen molar-refractivity contribution in [2.75, 3.05) is 39.3 Å². The average molecular weight is 394 g/mol. The van der Waals surface area contributed by atoms with Gasteiger partial charge in [-0.1, -0.05) is 0 Å². The molecule has 0 aromatic heterocycles. The van der Waals surface area contributed by atoms with E-state index in [1.54, 1.807) is 33.5 Å². The Labute approximate surface area is 163 Å². The number of piperidine rings is 1. The van der Waals surface area contributed by atoms with Gasteiger partial charge in [-0.2, -0.15) is 4.31 Å². The monoisotopic (exact) mass is 393 g/mol. The van der Waals surface area contributed by atoms with Crippen LogP contribution in [0.25, 0.3) is 0 Å². The van der Waals surface area contributed by atoms with Crippen molar-refractivity contribution >= 4 is 15.9 Å². The van der Waals surface area contributed by atoms with Crippen molar-refractivity contribution in [1.82, 2.24) is 14.1 Å². The first-order chi connectivity index (χ1) is 13.0. The van der Waals surface area contributed by atoms with Crippen LogP contribution < -0.4 is 0 Å². The second-order valence-electron chi connectivity index (χ2n) is 7.38. The number of carbonyl (C=O) groups is 1. The van der Waals surface area contributed by atoms with Crippen molar-refractivity contribution in [1.29, 1.82) is 0 Å². The molecule has 0 unspecified atom stereocenters. The summed E-state index contributed by atoms with van der Waals surface area (Å²) in [7, 11) is -3.49. The van der Waals surface area contributed by atoms with Crippen LogP contribution in [0.4, 0.5) is 0 Å². The van der Waals surface area contributed by atoms with Gasteiger partial charge in [-0.25, -0.2) is 8.42 Å². The third-order valence-electron chi connectivity index (χ3n) is 5.87. The summed E-state index contributed by atoms with van der Waals surface area (Å²) in [5.41, 5.74) is 0.533. The fraction of sp³-hybridized carbons (Fsp3) is 0.650. The normalized spacial score (nSPS) is 20.1. The van der Waals surface area contributed by atoms with Gasteiger partial charge in [-0.15, -0.1) is 0 Å². The zero-order valence-corrected chi connectivity index (χ0v) is 17.2. The van der Waals surface area contributed by atoms with E-state index in [9.17, 15) is 13.2 Å². The highest BCUT2D eigenvalue weighted by atomic mass is 32.2. The summed E-state index contributed by atoms with van der Waals surface area (Å²) in [5.74, 6) is -0.0598. The van der Waals surface area contributed by atoms with Gasteiger partial charge in [-0.05, 0) is 76.9 Å². The summed E-state index contributed by atoms with van der Waals surface area (Å²) in [6.45, 7) is 8.60. The molecule has 0 N–H and O–H groups in total. The topological polar surface area (TPSA) is 60.9 Å². The van der Waals surface area contributed by atoms with Gasteiger partial charge in [0.1, 0.15) is 0 Å². The van der Waals surface area contributed by atoms with E-state index < -0.39 is 10.0 Å². The third-order valence-corrected chi connectivity index (χ3v) is 7.78. The van der Waals surface area contributed by atoms with Crippen molar-refractivity contribution in [2.45, 2.75) is 50.5 Å². The Hall–Kier alpha value is -1.44. The quantitative estimate of drug-likeness (QED) is 0.745. The van der Waals surface area contributed by atoms with Gasteiger partial charge in [0.05, 0.1) is 4.90 Å². The number of carbonyl (C=O) groups excluding carboxylic acids is 1. The summed E-state index contributed by atoms with van der Waals surface area (Å²) < 4.78 is 27.5. The minimum atomic E-state index is -3.49. The number of benzene rings is 1. The Morgan fingerprint density at radius 1 is 1.00 bits per heavy atom. The lowest BCUT2D eigenvalue weighted by molar-refractivity contribution is 0.0773. The number of amides is 1. The molecule has 27 heavy (non-hydrogen) atoms. The Balaban J connectivity index is 1.65. The lowest BCUT2D eigenvalue weighted by atomic mass is 10.1. The molecule has 0 aliphatic carbocycles. The molecule has 1 aromatic rings. The molecule has 7 heteroatoms. The van der Waals surface area contributed by atoms with E-state index in [0.717, 1.165) is 25.9 Å². The molecule has 0 saturated carbocycles. The molecule has 2 aliphatic rings. The summed E-state index contributed by atoms with van der Waals surface area (Å²) in [5, 5.41) is 0. The number of hydrogen-bond acceptors (Lipinski definition) is 4. The molecule has 2 heterocycles. The Morgan fingerprint density at radius 3 is 2.07 bits per heavy atom. The minimum Gasteiger partial charge on any atom is -0.339 e. The molecule has 0 atom stereocenters. The van der Waals surface area contributed by atoms with Gasteiger partial charge in [0, 0.05) is 37.8 Å². The fourth-order valence-corrected chi connectivity index (χ4v) is 5.64. The van der Waals surface area contributed by atoms with Crippen LogP contribution in [-0.4, -0.2) is 73.7 Å². The van der Waals surface area contributed by atoms with Crippen molar-refractivity contribution in [3.63, 3.8) is 0 Å². The largest absolute Gasteiger partial charge is 0.339 e. The zero-order chi connectivity index (χ0) is 19.4. The first-order valence-electron chi connectivity index (χ1n) is 10.1. The van der Waals surface area contributed by atoms with Crippen LogP contribution in [0.3, 0.4) is 0 Å². The molecule has 0 spiro atoms. The maximum Gasteiger partial charge on any atom is 0.253 e. The lowest BCUT2D eigenvalue weighted by Gasteiger charge is -2.36.